The molecule has 1 fully saturated rings. The van der Waals surface area contributed by atoms with E-state index in [1.54, 1.807) is 19.1 Å². The van der Waals surface area contributed by atoms with E-state index in [0.717, 1.165) is 23.7 Å². The third kappa shape index (κ3) is 4.06. The Hall–Kier alpha value is -1.36. The number of carbonyl (C=O) groups is 2. The van der Waals surface area contributed by atoms with E-state index < -0.39 is 6.04 Å². The summed E-state index contributed by atoms with van der Waals surface area (Å²) in [6.07, 6.45) is 2.08. The molecule has 1 unspecified atom stereocenters. The first kappa shape index (κ1) is 14.1. The Labute approximate surface area is 121 Å². The Morgan fingerprint density at radius 3 is 2.47 bits per heavy atom. The van der Waals surface area contributed by atoms with Crippen molar-refractivity contribution in [3.63, 3.8) is 0 Å². The zero-order valence-electron chi connectivity index (χ0n) is 10.8. The van der Waals surface area contributed by atoms with Crippen molar-refractivity contribution in [2.24, 2.45) is 0 Å². The minimum absolute atomic E-state index is 0.118. The molecule has 4 nitrogen and oxygen atoms in total. The Balaban J connectivity index is 1.89. The molecule has 5 heteroatoms. The van der Waals surface area contributed by atoms with Crippen LogP contribution < -0.4 is 10.6 Å². The molecule has 2 rings (SSSR count). The van der Waals surface area contributed by atoms with E-state index in [4.69, 9.17) is 0 Å². The van der Waals surface area contributed by atoms with Gasteiger partial charge in [0, 0.05) is 16.9 Å². The van der Waals surface area contributed by atoms with Crippen LogP contribution in [0.25, 0.3) is 0 Å². The number of hydrogen-bond acceptors (Lipinski definition) is 2. The normalized spacial score (nSPS) is 15.7. The van der Waals surface area contributed by atoms with E-state index >= 15 is 0 Å². The fourth-order valence-corrected chi connectivity index (χ4v) is 2.02. The van der Waals surface area contributed by atoms with E-state index in [0.29, 0.717) is 11.6 Å². The molecule has 0 aromatic heterocycles. The number of alkyl halides is 1. The first-order valence-corrected chi connectivity index (χ1v) is 7.48. The summed E-state index contributed by atoms with van der Waals surface area (Å²) >= 11 is 3.35. The molecule has 1 aromatic carbocycles. The lowest BCUT2D eigenvalue weighted by molar-refractivity contribution is -0.122. The Morgan fingerprint density at radius 2 is 1.95 bits per heavy atom. The maximum atomic E-state index is 12.0. The van der Waals surface area contributed by atoms with Crippen LogP contribution in [0.3, 0.4) is 0 Å². The van der Waals surface area contributed by atoms with Crippen molar-refractivity contribution >= 4 is 27.7 Å². The first-order valence-electron chi connectivity index (χ1n) is 6.36. The van der Waals surface area contributed by atoms with Crippen molar-refractivity contribution in [2.45, 2.75) is 37.2 Å². The number of nitrogens with one attached hydrogen (secondary N) is 2. The van der Waals surface area contributed by atoms with Crippen molar-refractivity contribution in [3.8, 4) is 0 Å². The maximum Gasteiger partial charge on any atom is 0.251 e. The van der Waals surface area contributed by atoms with E-state index in [2.05, 4.69) is 26.6 Å². The highest BCUT2D eigenvalue weighted by Gasteiger charge is 2.26. The summed E-state index contributed by atoms with van der Waals surface area (Å²) in [6, 6.07) is 7.10. The van der Waals surface area contributed by atoms with Crippen molar-refractivity contribution in [2.75, 3.05) is 0 Å². The zero-order chi connectivity index (χ0) is 13.8. The van der Waals surface area contributed by atoms with Crippen molar-refractivity contribution in [1.82, 2.24) is 10.6 Å². The minimum Gasteiger partial charge on any atom is -0.352 e. The number of carbonyl (C=O) groups excluding carboxylic acids is 2. The van der Waals surface area contributed by atoms with Gasteiger partial charge in [0.25, 0.3) is 5.91 Å². The van der Waals surface area contributed by atoms with Crippen LogP contribution in [0.1, 0.15) is 35.7 Å². The molecular weight excluding hydrogens is 308 g/mol. The number of hydrogen-bond donors (Lipinski definition) is 2. The summed E-state index contributed by atoms with van der Waals surface area (Å²) in [4.78, 5) is 23.7. The van der Waals surface area contributed by atoms with Crippen LogP contribution in [0.15, 0.2) is 24.3 Å². The van der Waals surface area contributed by atoms with E-state index in [1.807, 2.05) is 12.1 Å². The Morgan fingerprint density at radius 1 is 1.32 bits per heavy atom. The van der Waals surface area contributed by atoms with Gasteiger partial charge < -0.3 is 10.6 Å². The highest BCUT2D eigenvalue weighted by Crippen LogP contribution is 2.18. The molecule has 1 aromatic rings. The fourth-order valence-electron chi connectivity index (χ4n) is 1.64. The van der Waals surface area contributed by atoms with Crippen LogP contribution in [0.2, 0.25) is 0 Å². The van der Waals surface area contributed by atoms with Crippen LogP contribution in [0, 0.1) is 0 Å². The van der Waals surface area contributed by atoms with Gasteiger partial charge in [-0.15, -0.1) is 0 Å². The average Bonchev–Trinajstić information content (AvgIpc) is 3.22. The number of benzene rings is 1. The quantitative estimate of drug-likeness (QED) is 0.814. The molecule has 0 radical (unpaired) electrons. The SMILES string of the molecule is CC(NC(=O)c1ccc(CBr)cc1)C(=O)NC1CC1. The molecule has 0 saturated heterocycles. The van der Waals surface area contributed by atoms with Gasteiger partial charge in [-0.2, -0.15) is 0 Å². The molecule has 1 aliphatic rings. The predicted molar refractivity (Wildman–Crippen MR) is 77.2 cm³/mol. The van der Waals surface area contributed by atoms with Crippen molar-refractivity contribution < 1.29 is 9.59 Å². The molecule has 2 N–H and O–H groups in total. The largest absolute Gasteiger partial charge is 0.352 e. The van der Waals surface area contributed by atoms with Gasteiger partial charge in [0.2, 0.25) is 5.91 Å². The van der Waals surface area contributed by atoms with Gasteiger partial charge in [-0.3, -0.25) is 9.59 Å². The predicted octanol–water partition coefficient (Wildman–Crippen LogP) is 1.98. The number of halogens is 1. The molecule has 0 aliphatic heterocycles. The van der Waals surface area contributed by atoms with Crippen LogP contribution >= 0.6 is 15.9 Å². The average molecular weight is 325 g/mol. The van der Waals surface area contributed by atoms with Crippen molar-refractivity contribution in [3.05, 3.63) is 35.4 Å². The first-order chi connectivity index (χ1) is 9.10. The standard InChI is InChI=1S/C14H17BrN2O2/c1-9(13(18)17-12-6-7-12)16-14(19)11-4-2-10(8-15)3-5-11/h2-5,9,12H,6-8H2,1H3,(H,16,19)(H,17,18). The summed E-state index contributed by atoms with van der Waals surface area (Å²) in [5, 5.41) is 6.33. The summed E-state index contributed by atoms with van der Waals surface area (Å²) in [5.41, 5.74) is 1.67. The Bertz CT molecular complexity index is 469. The molecule has 1 atom stereocenters. The summed E-state index contributed by atoms with van der Waals surface area (Å²) in [6.45, 7) is 1.70. The highest BCUT2D eigenvalue weighted by molar-refractivity contribution is 9.08. The lowest BCUT2D eigenvalue weighted by Crippen LogP contribution is -2.45. The second-order valence-corrected chi connectivity index (χ2v) is 5.37. The van der Waals surface area contributed by atoms with Gasteiger partial charge in [0.1, 0.15) is 6.04 Å². The highest BCUT2D eigenvalue weighted by atomic mass is 79.9. The lowest BCUT2D eigenvalue weighted by Gasteiger charge is -2.13. The number of rotatable bonds is 5. The van der Waals surface area contributed by atoms with Gasteiger partial charge >= 0.3 is 0 Å². The molecule has 2 amide bonds. The van der Waals surface area contributed by atoms with Gasteiger partial charge in [-0.1, -0.05) is 28.1 Å². The van der Waals surface area contributed by atoms with Crippen LogP contribution in [-0.2, 0) is 10.1 Å². The van der Waals surface area contributed by atoms with E-state index in [-0.39, 0.29) is 11.8 Å². The maximum absolute atomic E-state index is 12.0. The topological polar surface area (TPSA) is 58.2 Å². The number of amides is 2. The minimum atomic E-state index is -0.510. The Kier molecular flexibility index (Phi) is 4.58. The van der Waals surface area contributed by atoms with E-state index in [1.165, 1.54) is 0 Å². The third-order valence-electron chi connectivity index (χ3n) is 3.04. The zero-order valence-corrected chi connectivity index (χ0v) is 12.4. The molecule has 1 saturated carbocycles. The van der Waals surface area contributed by atoms with E-state index in [9.17, 15) is 9.59 Å². The summed E-state index contributed by atoms with van der Waals surface area (Å²) in [5.74, 6) is -0.340. The third-order valence-corrected chi connectivity index (χ3v) is 3.68. The molecule has 0 spiro atoms. The fraction of sp³-hybridized carbons (Fsp3) is 0.429. The van der Waals surface area contributed by atoms with Gasteiger partial charge in [0.05, 0.1) is 0 Å². The van der Waals surface area contributed by atoms with Gasteiger partial charge in [0.15, 0.2) is 0 Å². The monoisotopic (exact) mass is 324 g/mol. The van der Waals surface area contributed by atoms with Crippen LogP contribution in [0.5, 0.6) is 0 Å². The molecular formula is C14H17BrN2O2. The van der Waals surface area contributed by atoms with Gasteiger partial charge in [-0.25, -0.2) is 0 Å². The second-order valence-electron chi connectivity index (χ2n) is 4.81. The summed E-state index contributed by atoms with van der Waals surface area (Å²) < 4.78 is 0. The lowest BCUT2D eigenvalue weighted by atomic mass is 10.1. The molecule has 0 bridgehead atoms. The molecule has 19 heavy (non-hydrogen) atoms. The molecule has 1 aliphatic carbocycles. The van der Waals surface area contributed by atoms with Crippen molar-refractivity contribution in [1.29, 1.82) is 0 Å². The second kappa shape index (κ2) is 6.19. The van der Waals surface area contributed by atoms with Crippen LogP contribution in [-0.4, -0.2) is 23.9 Å². The van der Waals surface area contributed by atoms with Gasteiger partial charge in [-0.05, 0) is 37.5 Å². The summed E-state index contributed by atoms with van der Waals surface area (Å²) in [7, 11) is 0. The molecule has 0 heterocycles. The van der Waals surface area contributed by atoms with Crippen LogP contribution in [0.4, 0.5) is 0 Å². The molecule has 102 valence electrons. The smallest absolute Gasteiger partial charge is 0.251 e.